The molecule has 0 bridgehead atoms. The van der Waals surface area contributed by atoms with E-state index in [2.05, 4.69) is 9.72 Å². The minimum atomic E-state index is -4.69. The fourth-order valence-corrected chi connectivity index (χ4v) is 2.54. The first-order chi connectivity index (χ1) is 12.8. The van der Waals surface area contributed by atoms with Crippen LogP contribution in [-0.2, 0) is 17.4 Å². The molecule has 10 heteroatoms. The highest BCUT2D eigenvalue weighted by molar-refractivity contribution is 5.93. The van der Waals surface area contributed by atoms with E-state index >= 15 is 0 Å². The van der Waals surface area contributed by atoms with Crippen molar-refractivity contribution in [2.24, 2.45) is 7.05 Å². The van der Waals surface area contributed by atoms with E-state index in [4.69, 9.17) is 4.74 Å². The lowest BCUT2D eigenvalue weighted by Gasteiger charge is -2.20. The van der Waals surface area contributed by atoms with Crippen molar-refractivity contribution in [3.05, 3.63) is 35.5 Å². The van der Waals surface area contributed by atoms with Gasteiger partial charge in [0.2, 0.25) is 0 Å². The van der Waals surface area contributed by atoms with E-state index < -0.39 is 41.0 Å². The van der Waals surface area contributed by atoms with Crippen molar-refractivity contribution >= 4 is 5.97 Å². The van der Waals surface area contributed by atoms with Crippen molar-refractivity contribution < 1.29 is 36.9 Å². The van der Waals surface area contributed by atoms with Crippen LogP contribution in [0.25, 0.3) is 11.3 Å². The summed E-state index contributed by atoms with van der Waals surface area (Å²) in [6, 6.07) is 1.69. The van der Waals surface area contributed by atoms with E-state index in [1.54, 1.807) is 7.05 Å². The number of aliphatic hydroxyl groups is 1. The van der Waals surface area contributed by atoms with Crippen LogP contribution in [-0.4, -0.2) is 40.0 Å². The van der Waals surface area contributed by atoms with Gasteiger partial charge in [-0.25, -0.2) is 14.2 Å². The number of hydrogen-bond acceptors (Lipinski definition) is 5. The second-order valence-corrected chi connectivity index (χ2v) is 6.74. The molecule has 1 aromatic heterocycles. The number of aryl methyl sites for hydroxylation is 1. The Morgan fingerprint density at radius 2 is 1.89 bits per heavy atom. The smallest absolute Gasteiger partial charge is 0.425 e. The number of esters is 1. The quantitative estimate of drug-likeness (QED) is 0.609. The van der Waals surface area contributed by atoms with E-state index in [0.29, 0.717) is 0 Å². The molecule has 1 aromatic carbocycles. The van der Waals surface area contributed by atoms with Crippen molar-refractivity contribution in [2.75, 3.05) is 7.11 Å². The molecule has 2 aromatic rings. The van der Waals surface area contributed by atoms with E-state index in [1.165, 1.54) is 24.6 Å². The monoisotopic (exact) mass is 404 g/mol. The van der Waals surface area contributed by atoms with Crippen LogP contribution in [0.2, 0.25) is 0 Å². The third-order valence-electron chi connectivity index (χ3n) is 3.94. The number of rotatable bonds is 5. The molecule has 1 atom stereocenters. The van der Waals surface area contributed by atoms with Crippen molar-refractivity contribution in [2.45, 2.75) is 38.7 Å². The highest BCUT2D eigenvalue weighted by atomic mass is 19.4. The molecule has 0 radical (unpaired) electrons. The Kier molecular flexibility index (Phi) is 5.74. The summed E-state index contributed by atoms with van der Waals surface area (Å²) in [6.45, 7) is 3.72. The standard InChI is InChI=1S/C18H20F4N2O4/c1-9(18(20,21)22)28-14-7-10(12(19)6-11(14)15(25)27-5)13-8-24(4)16(23-13)17(2,3)26/h6-9,26H,1-5H3/t9-/m0/s1. The van der Waals surface area contributed by atoms with Gasteiger partial charge in [0.15, 0.2) is 6.10 Å². The van der Waals surface area contributed by atoms with Crippen molar-refractivity contribution in [3.63, 3.8) is 0 Å². The SMILES string of the molecule is COC(=O)c1cc(F)c(-c2cn(C)c(C(C)(C)O)n2)cc1O[C@@H](C)C(F)(F)F. The van der Waals surface area contributed by atoms with Crippen LogP contribution in [0.15, 0.2) is 18.3 Å². The molecular formula is C18H20F4N2O4. The van der Waals surface area contributed by atoms with Gasteiger partial charge < -0.3 is 19.1 Å². The molecule has 0 aliphatic rings. The number of aromatic nitrogens is 2. The van der Waals surface area contributed by atoms with Gasteiger partial charge in [-0.2, -0.15) is 13.2 Å². The number of ether oxygens (including phenoxy) is 2. The predicted molar refractivity (Wildman–Crippen MR) is 91.3 cm³/mol. The first-order valence-corrected chi connectivity index (χ1v) is 8.17. The summed E-state index contributed by atoms with van der Waals surface area (Å²) in [5.41, 5.74) is -1.96. The fraction of sp³-hybridized carbons (Fsp3) is 0.444. The highest BCUT2D eigenvalue weighted by Crippen LogP contribution is 2.34. The Hall–Kier alpha value is -2.62. The molecular weight excluding hydrogens is 384 g/mol. The molecule has 0 aliphatic heterocycles. The van der Waals surface area contributed by atoms with E-state index in [1.807, 2.05) is 0 Å². The summed E-state index contributed by atoms with van der Waals surface area (Å²) in [5, 5.41) is 10.1. The summed E-state index contributed by atoms with van der Waals surface area (Å²) < 4.78 is 64.1. The van der Waals surface area contributed by atoms with Gasteiger partial charge in [-0.15, -0.1) is 0 Å². The lowest BCUT2D eigenvalue weighted by atomic mass is 10.1. The number of carbonyl (C=O) groups excluding carboxylic acids is 1. The van der Waals surface area contributed by atoms with E-state index in [9.17, 15) is 27.5 Å². The van der Waals surface area contributed by atoms with Crippen molar-refractivity contribution in [3.8, 4) is 17.0 Å². The molecule has 0 saturated carbocycles. The molecule has 6 nitrogen and oxygen atoms in total. The van der Waals surface area contributed by atoms with Crippen LogP contribution in [0.3, 0.4) is 0 Å². The lowest BCUT2D eigenvalue weighted by molar-refractivity contribution is -0.189. The van der Waals surface area contributed by atoms with Gasteiger partial charge in [-0.1, -0.05) is 0 Å². The normalized spacial score (nSPS) is 13.4. The van der Waals surface area contributed by atoms with Crippen molar-refractivity contribution in [1.29, 1.82) is 0 Å². The molecule has 28 heavy (non-hydrogen) atoms. The lowest BCUT2D eigenvalue weighted by Crippen LogP contribution is -2.31. The van der Waals surface area contributed by atoms with Gasteiger partial charge in [0.1, 0.15) is 28.6 Å². The van der Waals surface area contributed by atoms with Crippen LogP contribution in [0.5, 0.6) is 5.75 Å². The van der Waals surface area contributed by atoms with E-state index in [-0.39, 0.29) is 17.1 Å². The van der Waals surface area contributed by atoms with Crippen molar-refractivity contribution in [1.82, 2.24) is 9.55 Å². The number of alkyl halides is 3. The molecule has 1 N–H and O–H groups in total. The maximum atomic E-state index is 14.6. The highest BCUT2D eigenvalue weighted by Gasteiger charge is 2.39. The van der Waals surface area contributed by atoms with Crippen LogP contribution >= 0.6 is 0 Å². The molecule has 0 saturated heterocycles. The summed E-state index contributed by atoms with van der Waals surface area (Å²) in [4.78, 5) is 16.0. The molecule has 2 rings (SSSR count). The number of halogens is 4. The molecule has 0 unspecified atom stereocenters. The Labute approximate surface area is 158 Å². The van der Waals surface area contributed by atoms with Crippen LogP contribution in [0, 0.1) is 5.82 Å². The zero-order chi connectivity index (χ0) is 21.4. The minimum Gasteiger partial charge on any atom is -0.480 e. The van der Waals surface area contributed by atoms with Gasteiger partial charge in [0.05, 0.1) is 12.8 Å². The Morgan fingerprint density at radius 3 is 2.36 bits per heavy atom. The fourth-order valence-electron chi connectivity index (χ4n) is 2.54. The summed E-state index contributed by atoms with van der Waals surface area (Å²) >= 11 is 0. The first kappa shape index (κ1) is 21.7. The molecule has 0 fully saturated rings. The van der Waals surface area contributed by atoms with Crippen LogP contribution in [0.4, 0.5) is 17.6 Å². The zero-order valence-corrected chi connectivity index (χ0v) is 15.9. The average Bonchev–Trinajstić information content (AvgIpc) is 2.96. The number of hydrogen-bond donors (Lipinski definition) is 1. The summed E-state index contributed by atoms with van der Waals surface area (Å²) in [7, 11) is 2.59. The average molecular weight is 404 g/mol. The maximum absolute atomic E-state index is 14.6. The second kappa shape index (κ2) is 7.42. The first-order valence-electron chi connectivity index (χ1n) is 8.17. The van der Waals surface area contributed by atoms with Crippen LogP contribution < -0.4 is 4.74 Å². The summed E-state index contributed by atoms with van der Waals surface area (Å²) in [6.07, 6.45) is -5.54. The molecule has 0 spiro atoms. The number of carbonyl (C=O) groups is 1. The largest absolute Gasteiger partial charge is 0.480 e. The molecule has 1 heterocycles. The number of methoxy groups -OCH3 is 1. The third kappa shape index (κ3) is 4.44. The van der Waals surface area contributed by atoms with Gasteiger partial charge in [0, 0.05) is 18.8 Å². The molecule has 154 valence electrons. The minimum absolute atomic E-state index is 0.0538. The summed E-state index contributed by atoms with van der Waals surface area (Å²) in [5.74, 6) is -2.24. The van der Waals surface area contributed by atoms with Gasteiger partial charge >= 0.3 is 12.1 Å². The topological polar surface area (TPSA) is 73.6 Å². The number of nitrogens with zero attached hydrogens (tertiary/aromatic N) is 2. The van der Waals surface area contributed by atoms with Gasteiger partial charge in [0.25, 0.3) is 0 Å². The Balaban J connectivity index is 2.61. The molecule has 0 aliphatic carbocycles. The Bertz CT molecular complexity index is 885. The van der Waals surface area contributed by atoms with E-state index in [0.717, 1.165) is 26.2 Å². The van der Waals surface area contributed by atoms with Gasteiger partial charge in [-0.3, -0.25) is 0 Å². The number of benzene rings is 1. The maximum Gasteiger partial charge on any atom is 0.425 e. The Morgan fingerprint density at radius 1 is 1.29 bits per heavy atom. The van der Waals surface area contributed by atoms with Gasteiger partial charge in [-0.05, 0) is 32.9 Å². The van der Waals surface area contributed by atoms with Crippen LogP contribution in [0.1, 0.15) is 37.0 Å². The number of imidazole rings is 1. The zero-order valence-electron chi connectivity index (χ0n) is 15.9. The third-order valence-corrected chi connectivity index (χ3v) is 3.94. The second-order valence-electron chi connectivity index (χ2n) is 6.74. The molecule has 0 amide bonds. The predicted octanol–water partition coefficient (Wildman–Crippen LogP) is 3.57.